The van der Waals surface area contributed by atoms with E-state index in [4.69, 9.17) is 15.9 Å². The minimum atomic E-state index is 0.376. The average molecular weight is 244 g/mol. The normalized spacial score (nSPS) is 11.2. The van der Waals surface area contributed by atoms with Crippen molar-refractivity contribution in [2.45, 2.75) is 13.0 Å². The first-order chi connectivity index (χ1) is 8.76. The number of furan rings is 1. The van der Waals surface area contributed by atoms with Crippen molar-refractivity contribution in [3.63, 3.8) is 0 Å². The summed E-state index contributed by atoms with van der Waals surface area (Å²) in [6, 6.07) is 3.70. The van der Waals surface area contributed by atoms with Crippen molar-refractivity contribution in [2.24, 2.45) is 5.73 Å². The summed E-state index contributed by atoms with van der Waals surface area (Å²) in [4.78, 5) is 15.5. The number of nitrogens with one attached hydrogen (secondary N) is 1. The number of H-pyrrole nitrogens is 1. The molecule has 0 radical (unpaired) electrons. The fourth-order valence-corrected chi connectivity index (χ4v) is 1.76. The Kier molecular flexibility index (Phi) is 2.45. The van der Waals surface area contributed by atoms with Crippen LogP contribution in [0.2, 0.25) is 0 Å². The van der Waals surface area contributed by atoms with E-state index in [1.807, 2.05) is 12.1 Å². The van der Waals surface area contributed by atoms with E-state index in [0.717, 1.165) is 11.5 Å². The van der Waals surface area contributed by atoms with E-state index in [1.54, 1.807) is 6.33 Å². The van der Waals surface area contributed by atoms with Crippen LogP contribution in [0.4, 0.5) is 5.82 Å². The van der Waals surface area contributed by atoms with E-state index >= 15 is 0 Å². The Bertz CT molecular complexity index is 686. The van der Waals surface area contributed by atoms with Gasteiger partial charge in [-0.2, -0.15) is 0 Å². The first-order valence-electron chi connectivity index (χ1n) is 5.49. The van der Waals surface area contributed by atoms with Crippen LogP contribution in [0.1, 0.15) is 17.3 Å². The lowest BCUT2D eigenvalue weighted by Crippen LogP contribution is -2.01. The van der Waals surface area contributed by atoms with Gasteiger partial charge in [-0.3, -0.25) is 0 Å². The molecule has 7 heteroatoms. The van der Waals surface area contributed by atoms with Crippen LogP contribution >= 0.6 is 0 Å². The summed E-state index contributed by atoms with van der Waals surface area (Å²) >= 11 is 0. The van der Waals surface area contributed by atoms with E-state index in [-0.39, 0.29) is 0 Å². The van der Waals surface area contributed by atoms with E-state index in [2.05, 4.69) is 19.9 Å². The summed E-state index contributed by atoms with van der Waals surface area (Å²) in [5.74, 6) is 2.45. The van der Waals surface area contributed by atoms with Crippen molar-refractivity contribution in [1.82, 2.24) is 19.9 Å². The highest BCUT2D eigenvalue weighted by molar-refractivity contribution is 5.80. The third-order valence-corrected chi connectivity index (χ3v) is 2.61. The van der Waals surface area contributed by atoms with Gasteiger partial charge in [0, 0.05) is 0 Å². The van der Waals surface area contributed by atoms with Crippen LogP contribution < -0.4 is 11.5 Å². The molecule has 0 unspecified atom stereocenters. The van der Waals surface area contributed by atoms with Gasteiger partial charge in [0.15, 0.2) is 11.5 Å². The van der Waals surface area contributed by atoms with Crippen molar-refractivity contribution in [3.05, 3.63) is 35.8 Å². The number of nitrogens with two attached hydrogens (primary N) is 2. The van der Waals surface area contributed by atoms with Crippen molar-refractivity contribution < 1.29 is 4.42 Å². The molecule has 0 spiro atoms. The molecule has 18 heavy (non-hydrogen) atoms. The lowest BCUT2D eigenvalue weighted by Gasteiger charge is -2.00. The van der Waals surface area contributed by atoms with Gasteiger partial charge in [0.25, 0.3) is 0 Å². The molecule has 0 amide bonds. The van der Waals surface area contributed by atoms with Crippen molar-refractivity contribution in [1.29, 1.82) is 0 Å². The largest absolute Gasteiger partial charge is 0.464 e. The van der Waals surface area contributed by atoms with E-state index < -0.39 is 0 Å². The van der Waals surface area contributed by atoms with Crippen LogP contribution in [0.25, 0.3) is 11.2 Å². The van der Waals surface area contributed by atoms with Crippen LogP contribution in [-0.2, 0) is 13.0 Å². The van der Waals surface area contributed by atoms with Gasteiger partial charge in [0.1, 0.15) is 22.9 Å². The summed E-state index contributed by atoms with van der Waals surface area (Å²) in [5, 5.41) is 0. The summed E-state index contributed by atoms with van der Waals surface area (Å²) in [6.45, 7) is 0.376. The number of aromatic amines is 1. The van der Waals surface area contributed by atoms with Gasteiger partial charge in [0.2, 0.25) is 0 Å². The molecule has 0 fully saturated rings. The molecule has 92 valence electrons. The topological polar surface area (TPSA) is 120 Å². The molecule has 7 nitrogen and oxygen atoms in total. The number of fused-ring (bicyclic) bond motifs is 1. The Hall–Kier alpha value is -2.41. The first-order valence-corrected chi connectivity index (χ1v) is 5.49. The molecule has 0 aliphatic carbocycles. The average Bonchev–Trinajstić information content (AvgIpc) is 2.97. The fourth-order valence-electron chi connectivity index (χ4n) is 1.76. The number of nitrogens with zero attached hydrogens (tertiary/aromatic N) is 3. The zero-order chi connectivity index (χ0) is 12.5. The molecule has 3 aromatic heterocycles. The maximum atomic E-state index is 5.81. The van der Waals surface area contributed by atoms with Crippen molar-refractivity contribution in [3.8, 4) is 0 Å². The monoisotopic (exact) mass is 244 g/mol. The Morgan fingerprint density at radius 3 is 2.83 bits per heavy atom. The second-order valence-corrected chi connectivity index (χ2v) is 3.88. The first kappa shape index (κ1) is 10.7. The molecule has 3 aromatic rings. The second-order valence-electron chi connectivity index (χ2n) is 3.88. The Morgan fingerprint density at radius 1 is 1.22 bits per heavy atom. The summed E-state index contributed by atoms with van der Waals surface area (Å²) < 4.78 is 5.50. The Labute approximate surface area is 102 Å². The van der Waals surface area contributed by atoms with Gasteiger partial charge in [-0.25, -0.2) is 15.0 Å². The van der Waals surface area contributed by atoms with E-state index in [0.29, 0.717) is 35.8 Å². The zero-order valence-electron chi connectivity index (χ0n) is 9.55. The summed E-state index contributed by atoms with van der Waals surface area (Å²) in [6.07, 6.45) is 2.01. The maximum Gasteiger partial charge on any atom is 0.183 e. The number of anilines is 1. The molecule has 0 bridgehead atoms. The quantitative estimate of drug-likeness (QED) is 0.619. The van der Waals surface area contributed by atoms with Crippen LogP contribution in [0.5, 0.6) is 0 Å². The van der Waals surface area contributed by atoms with E-state index in [1.165, 1.54) is 0 Å². The number of nitrogen functional groups attached to an aromatic ring is 1. The highest BCUT2D eigenvalue weighted by Crippen LogP contribution is 2.16. The SMILES string of the molecule is NCc1ccc(Cc2nc(N)c3[nH]cnc3n2)o1. The van der Waals surface area contributed by atoms with Crippen molar-refractivity contribution in [2.75, 3.05) is 5.73 Å². The lowest BCUT2D eigenvalue weighted by atomic mass is 10.3. The zero-order valence-corrected chi connectivity index (χ0v) is 9.55. The lowest BCUT2D eigenvalue weighted by molar-refractivity contribution is 0.472. The molecule has 0 saturated carbocycles. The smallest absolute Gasteiger partial charge is 0.183 e. The van der Waals surface area contributed by atoms with Gasteiger partial charge in [-0.15, -0.1) is 0 Å². The maximum absolute atomic E-state index is 5.81. The molecule has 0 aromatic carbocycles. The van der Waals surface area contributed by atoms with Crippen LogP contribution in [-0.4, -0.2) is 19.9 Å². The number of rotatable bonds is 3. The third kappa shape index (κ3) is 1.80. The highest BCUT2D eigenvalue weighted by atomic mass is 16.3. The molecule has 3 heterocycles. The number of aromatic nitrogens is 4. The predicted octanol–water partition coefficient (Wildman–Crippen LogP) is 0.578. The van der Waals surface area contributed by atoms with Gasteiger partial charge < -0.3 is 20.9 Å². The molecule has 0 saturated heterocycles. The number of imidazole rings is 1. The number of hydrogen-bond acceptors (Lipinski definition) is 6. The Balaban J connectivity index is 1.94. The third-order valence-electron chi connectivity index (χ3n) is 2.61. The highest BCUT2D eigenvalue weighted by Gasteiger charge is 2.09. The molecule has 0 atom stereocenters. The minimum absolute atomic E-state index is 0.376. The molecule has 0 aliphatic rings. The predicted molar refractivity (Wildman–Crippen MR) is 65.5 cm³/mol. The van der Waals surface area contributed by atoms with Crippen LogP contribution in [0.3, 0.4) is 0 Å². The van der Waals surface area contributed by atoms with Crippen LogP contribution in [0, 0.1) is 0 Å². The van der Waals surface area contributed by atoms with Crippen molar-refractivity contribution >= 4 is 17.0 Å². The number of hydrogen-bond donors (Lipinski definition) is 3. The van der Waals surface area contributed by atoms with Crippen LogP contribution in [0.15, 0.2) is 22.9 Å². The van der Waals surface area contributed by atoms with Gasteiger partial charge in [0.05, 0.1) is 19.3 Å². The van der Waals surface area contributed by atoms with Gasteiger partial charge in [-0.05, 0) is 12.1 Å². The minimum Gasteiger partial charge on any atom is -0.464 e. The molecule has 0 aliphatic heterocycles. The molecular formula is C11H12N6O. The molecule has 5 N–H and O–H groups in total. The summed E-state index contributed by atoms with van der Waals surface area (Å²) in [5.41, 5.74) is 12.5. The standard InChI is InChI=1S/C11H12N6O/c12-4-7-2-1-6(18-7)3-8-16-10(13)9-11(17-8)15-5-14-9/h1-2,5H,3-4,12H2,(H3,13,14,15,16,17). The summed E-state index contributed by atoms with van der Waals surface area (Å²) in [7, 11) is 0. The Morgan fingerprint density at radius 2 is 2.06 bits per heavy atom. The molecule has 3 rings (SSSR count). The van der Waals surface area contributed by atoms with E-state index in [9.17, 15) is 0 Å². The molecular weight excluding hydrogens is 232 g/mol. The van der Waals surface area contributed by atoms with Gasteiger partial charge >= 0.3 is 0 Å². The van der Waals surface area contributed by atoms with Gasteiger partial charge in [-0.1, -0.05) is 0 Å². The fraction of sp³-hybridized carbons (Fsp3) is 0.182. The second kappa shape index (κ2) is 4.11.